The van der Waals surface area contributed by atoms with E-state index < -0.39 is 0 Å². The van der Waals surface area contributed by atoms with Gasteiger partial charge >= 0.3 is 0 Å². The van der Waals surface area contributed by atoms with Crippen molar-refractivity contribution in [2.45, 2.75) is 45.6 Å². The van der Waals surface area contributed by atoms with Crippen LogP contribution in [0.4, 0.5) is 0 Å². The number of hydrogen-bond acceptors (Lipinski definition) is 6. The number of ether oxygens (including phenoxy) is 2. The zero-order chi connectivity index (χ0) is 18.3. The Balaban J connectivity index is 1.78. The summed E-state index contributed by atoms with van der Waals surface area (Å²) >= 11 is 1.22. The van der Waals surface area contributed by atoms with Gasteiger partial charge in [-0.05, 0) is 40.0 Å². The Hall–Kier alpha value is -1.86. The van der Waals surface area contributed by atoms with Gasteiger partial charge < -0.3 is 14.8 Å². The topological polar surface area (TPSA) is 63.7 Å². The highest BCUT2D eigenvalue weighted by Crippen LogP contribution is 2.24. The van der Waals surface area contributed by atoms with Crippen LogP contribution in [0, 0.1) is 0 Å². The molecule has 0 atom stereocenters. The highest BCUT2D eigenvalue weighted by Gasteiger charge is 2.28. The number of unbranched alkanes of at least 4 members (excludes halogenated alkanes) is 2. The number of carbonyl (C=O) groups is 1. The average Bonchev–Trinajstić information content (AvgIpc) is 3.21. The second-order valence-corrected chi connectivity index (χ2v) is 7.87. The Morgan fingerprint density at radius 2 is 2.32 bits per heavy atom. The molecule has 0 radical (unpaired) electrons. The van der Waals surface area contributed by atoms with Crippen molar-refractivity contribution >= 4 is 17.2 Å². The van der Waals surface area contributed by atoms with Crippen LogP contribution in [-0.2, 0) is 4.74 Å². The molecule has 1 N–H and O–H groups in total. The van der Waals surface area contributed by atoms with Crippen molar-refractivity contribution in [2.75, 3.05) is 19.8 Å². The molecule has 25 heavy (non-hydrogen) atoms. The van der Waals surface area contributed by atoms with E-state index in [-0.39, 0.29) is 11.4 Å². The van der Waals surface area contributed by atoms with Gasteiger partial charge in [0.2, 0.25) is 0 Å². The summed E-state index contributed by atoms with van der Waals surface area (Å²) in [5.41, 5.74) is 0.0493. The molecule has 2 rings (SSSR count). The minimum atomic E-state index is -0.116. The summed E-state index contributed by atoms with van der Waals surface area (Å²) in [5, 5.41) is 3.32. The SMILES string of the molecule is C=CCCCCNC(=O)c1cnc(O/C=C2/CN(C(C)(C)C)CO2)s1. The molecule has 138 valence electrons. The third-order valence-corrected chi connectivity index (χ3v) is 4.71. The van der Waals surface area contributed by atoms with Gasteiger partial charge in [0, 0.05) is 12.1 Å². The molecule has 0 spiro atoms. The lowest BCUT2D eigenvalue weighted by molar-refractivity contribution is 0.0943. The number of carbonyl (C=O) groups excluding carboxylic acids is 1. The molecule has 0 aliphatic carbocycles. The van der Waals surface area contributed by atoms with Crippen LogP contribution in [0.5, 0.6) is 5.19 Å². The molecule has 0 saturated carbocycles. The molecule has 1 aromatic rings. The molecular weight excluding hydrogens is 338 g/mol. The molecule has 1 aliphatic rings. The number of nitrogens with zero attached hydrogens (tertiary/aromatic N) is 2. The van der Waals surface area contributed by atoms with E-state index in [0.717, 1.165) is 25.0 Å². The third kappa shape index (κ3) is 6.17. The van der Waals surface area contributed by atoms with Crippen molar-refractivity contribution < 1.29 is 14.3 Å². The van der Waals surface area contributed by atoms with E-state index in [1.165, 1.54) is 17.5 Å². The smallest absolute Gasteiger partial charge is 0.278 e. The molecule has 1 aromatic heterocycles. The van der Waals surface area contributed by atoms with E-state index in [4.69, 9.17) is 9.47 Å². The number of amides is 1. The normalized spacial score (nSPS) is 16.7. The standard InChI is InChI=1S/C18H27N3O3S/c1-5-6-7-8-9-19-16(22)15-10-20-17(25-15)23-12-14-11-21(13-24-14)18(2,3)4/h5,10,12H,1,6-9,11,13H2,2-4H3,(H,19,22)/b14-12-. The zero-order valence-electron chi connectivity index (χ0n) is 15.2. The van der Waals surface area contributed by atoms with Gasteiger partial charge in [-0.25, -0.2) is 4.98 Å². The first-order chi connectivity index (χ1) is 11.9. The van der Waals surface area contributed by atoms with Crippen molar-refractivity contribution in [2.24, 2.45) is 0 Å². The largest absolute Gasteiger partial charge is 0.478 e. The van der Waals surface area contributed by atoms with Crippen LogP contribution in [0.1, 0.15) is 49.7 Å². The van der Waals surface area contributed by atoms with Crippen LogP contribution in [0.2, 0.25) is 0 Å². The van der Waals surface area contributed by atoms with Gasteiger partial charge in [0.25, 0.3) is 11.1 Å². The van der Waals surface area contributed by atoms with Crippen LogP contribution in [-0.4, -0.2) is 41.2 Å². The molecular formula is C18H27N3O3S. The molecule has 6 nitrogen and oxygen atoms in total. The Bertz CT molecular complexity index is 619. The Labute approximate surface area is 153 Å². The van der Waals surface area contributed by atoms with Crippen LogP contribution in [0.3, 0.4) is 0 Å². The fraction of sp³-hybridized carbons (Fsp3) is 0.556. The zero-order valence-corrected chi connectivity index (χ0v) is 16.0. The van der Waals surface area contributed by atoms with Crippen LogP contribution in [0.15, 0.2) is 30.9 Å². The van der Waals surface area contributed by atoms with E-state index in [9.17, 15) is 4.79 Å². The summed E-state index contributed by atoms with van der Waals surface area (Å²) in [4.78, 5) is 18.9. The molecule has 1 saturated heterocycles. The van der Waals surface area contributed by atoms with Crippen LogP contribution >= 0.6 is 11.3 Å². The number of nitrogens with one attached hydrogen (secondary N) is 1. The minimum absolute atomic E-state index is 0.0493. The lowest BCUT2D eigenvalue weighted by atomic mass is 10.1. The number of aromatic nitrogens is 1. The van der Waals surface area contributed by atoms with Gasteiger partial charge in [-0.1, -0.05) is 17.4 Å². The highest BCUT2D eigenvalue weighted by molar-refractivity contribution is 7.15. The molecule has 2 heterocycles. The van der Waals surface area contributed by atoms with Gasteiger partial charge in [-0.15, -0.1) is 6.58 Å². The Morgan fingerprint density at radius 1 is 1.52 bits per heavy atom. The average molecular weight is 365 g/mol. The predicted octanol–water partition coefficient (Wildman–Crippen LogP) is 3.54. The first-order valence-electron chi connectivity index (χ1n) is 8.48. The van der Waals surface area contributed by atoms with E-state index >= 15 is 0 Å². The van der Waals surface area contributed by atoms with E-state index in [1.54, 1.807) is 6.26 Å². The maximum Gasteiger partial charge on any atom is 0.278 e. The maximum atomic E-state index is 12.0. The van der Waals surface area contributed by atoms with Crippen molar-refractivity contribution in [1.29, 1.82) is 0 Å². The number of allylic oxidation sites excluding steroid dienone is 1. The molecule has 0 unspecified atom stereocenters. The molecule has 1 fully saturated rings. The Morgan fingerprint density at radius 3 is 3.00 bits per heavy atom. The second kappa shape index (κ2) is 9.01. The molecule has 1 amide bonds. The summed E-state index contributed by atoms with van der Waals surface area (Å²) in [6, 6.07) is 0. The van der Waals surface area contributed by atoms with Crippen LogP contribution in [0.25, 0.3) is 0 Å². The number of hydrogen-bond donors (Lipinski definition) is 1. The van der Waals surface area contributed by atoms with E-state index in [1.807, 2.05) is 6.08 Å². The lowest BCUT2D eigenvalue weighted by Gasteiger charge is -2.28. The predicted molar refractivity (Wildman–Crippen MR) is 99.6 cm³/mol. The number of thiazole rings is 1. The summed E-state index contributed by atoms with van der Waals surface area (Å²) < 4.78 is 11.1. The van der Waals surface area contributed by atoms with Crippen molar-refractivity contribution in [3.05, 3.63) is 35.8 Å². The van der Waals surface area contributed by atoms with E-state index in [2.05, 4.69) is 42.6 Å². The Kier molecular flexibility index (Phi) is 7.01. The summed E-state index contributed by atoms with van der Waals surface area (Å²) in [5.74, 6) is 0.646. The van der Waals surface area contributed by atoms with Crippen molar-refractivity contribution in [1.82, 2.24) is 15.2 Å². The van der Waals surface area contributed by atoms with Crippen LogP contribution < -0.4 is 10.1 Å². The molecule has 0 aromatic carbocycles. The quantitative estimate of drug-likeness (QED) is 0.434. The first-order valence-corrected chi connectivity index (χ1v) is 9.30. The fourth-order valence-electron chi connectivity index (χ4n) is 2.18. The lowest BCUT2D eigenvalue weighted by Crippen LogP contribution is -2.39. The molecule has 7 heteroatoms. The first kappa shape index (κ1) is 19.5. The van der Waals surface area contributed by atoms with Gasteiger partial charge in [-0.3, -0.25) is 9.69 Å². The van der Waals surface area contributed by atoms with Gasteiger partial charge in [0.15, 0.2) is 0 Å². The van der Waals surface area contributed by atoms with Gasteiger partial charge in [-0.2, -0.15) is 0 Å². The molecule has 1 aliphatic heterocycles. The fourth-order valence-corrected chi connectivity index (χ4v) is 2.84. The highest BCUT2D eigenvalue weighted by atomic mass is 32.1. The van der Waals surface area contributed by atoms with Gasteiger partial charge in [0.05, 0.1) is 12.7 Å². The van der Waals surface area contributed by atoms with Gasteiger partial charge in [0.1, 0.15) is 23.6 Å². The summed E-state index contributed by atoms with van der Waals surface area (Å²) in [6.45, 7) is 12.0. The maximum absolute atomic E-state index is 12.0. The summed E-state index contributed by atoms with van der Waals surface area (Å²) in [7, 11) is 0. The second-order valence-electron chi connectivity index (χ2n) is 6.87. The van der Waals surface area contributed by atoms with Crippen molar-refractivity contribution in [3.8, 4) is 5.19 Å². The molecule has 0 bridgehead atoms. The monoisotopic (exact) mass is 365 g/mol. The minimum Gasteiger partial charge on any atom is -0.478 e. The number of rotatable bonds is 8. The summed E-state index contributed by atoms with van der Waals surface area (Å²) in [6.07, 6.45) is 7.93. The van der Waals surface area contributed by atoms with Crippen molar-refractivity contribution in [3.63, 3.8) is 0 Å². The van der Waals surface area contributed by atoms with E-state index in [0.29, 0.717) is 29.9 Å². The third-order valence-electron chi connectivity index (χ3n) is 3.82.